The molecule has 0 bridgehead atoms. The fourth-order valence-electron chi connectivity index (χ4n) is 3.62. The lowest BCUT2D eigenvalue weighted by molar-refractivity contribution is -0.124. The number of benzene rings is 2. The second-order valence-electron chi connectivity index (χ2n) is 6.71. The molecule has 1 heterocycles. The van der Waals surface area contributed by atoms with E-state index in [1.54, 1.807) is 31.2 Å². The Morgan fingerprint density at radius 1 is 1.00 bits per heavy atom. The van der Waals surface area contributed by atoms with E-state index < -0.39 is 5.41 Å². The average Bonchev–Trinajstić information content (AvgIpc) is 2.63. The summed E-state index contributed by atoms with van der Waals surface area (Å²) in [5.74, 6) is 0.300. The van der Waals surface area contributed by atoms with E-state index in [1.165, 1.54) is 0 Å². The normalized spacial score (nSPS) is 17.2. The molecule has 25 heavy (non-hydrogen) atoms. The molecule has 0 saturated carbocycles. The van der Waals surface area contributed by atoms with Crippen LogP contribution in [0.3, 0.4) is 0 Å². The van der Waals surface area contributed by atoms with Gasteiger partial charge in [0.15, 0.2) is 5.78 Å². The lowest BCUT2D eigenvalue weighted by Crippen LogP contribution is -2.47. The number of rotatable bonds is 5. The van der Waals surface area contributed by atoms with Crippen LogP contribution < -0.4 is 0 Å². The van der Waals surface area contributed by atoms with Crippen molar-refractivity contribution >= 4 is 23.2 Å². The summed E-state index contributed by atoms with van der Waals surface area (Å²) in [6.07, 6.45) is 1.50. The minimum Gasteiger partial charge on any atom is -0.299 e. The second kappa shape index (κ2) is 7.51. The van der Waals surface area contributed by atoms with Crippen molar-refractivity contribution in [2.45, 2.75) is 25.2 Å². The van der Waals surface area contributed by atoms with Gasteiger partial charge in [-0.25, -0.2) is 0 Å². The summed E-state index contributed by atoms with van der Waals surface area (Å²) in [6.45, 7) is 3.55. The van der Waals surface area contributed by atoms with Gasteiger partial charge in [-0.15, -0.1) is 0 Å². The molecule has 0 spiro atoms. The molecule has 0 radical (unpaired) electrons. The number of likely N-dealkylation sites (tertiary alicyclic amines) is 1. The number of halogens is 1. The van der Waals surface area contributed by atoms with Gasteiger partial charge in [-0.1, -0.05) is 41.9 Å². The monoisotopic (exact) mass is 355 g/mol. The smallest absolute Gasteiger partial charge is 0.176 e. The third-order valence-electron chi connectivity index (χ3n) is 5.24. The predicted octanol–water partition coefficient (Wildman–Crippen LogP) is 4.15. The molecule has 130 valence electrons. The highest BCUT2D eigenvalue weighted by Gasteiger charge is 2.40. The first-order valence-corrected chi connectivity index (χ1v) is 8.97. The molecule has 1 aliphatic heterocycles. The summed E-state index contributed by atoms with van der Waals surface area (Å²) < 4.78 is 0. The van der Waals surface area contributed by atoms with Crippen molar-refractivity contribution in [3.05, 3.63) is 70.7 Å². The van der Waals surface area contributed by atoms with Gasteiger partial charge < -0.3 is 0 Å². The van der Waals surface area contributed by atoms with E-state index in [0.717, 1.165) is 31.5 Å². The quantitative estimate of drug-likeness (QED) is 0.756. The molecule has 0 amide bonds. The Bertz CT molecular complexity index is 747. The molecular formula is C21H22ClNO2. The van der Waals surface area contributed by atoms with Crippen LogP contribution in [-0.4, -0.2) is 36.1 Å². The molecule has 0 atom stereocenters. The van der Waals surface area contributed by atoms with Gasteiger partial charge >= 0.3 is 0 Å². The van der Waals surface area contributed by atoms with Crippen LogP contribution in [0.2, 0.25) is 5.02 Å². The van der Waals surface area contributed by atoms with E-state index in [1.807, 2.05) is 30.3 Å². The third kappa shape index (κ3) is 3.83. The zero-order valence-electron chi connectivity index (χ0n) is 14.4. The Hall–Kier alpha value is -1.97. The van der Waals surface area contributed by atoms with Crippen LogP contribution in [0.15, 0.2) is 54.6 Å². The largest absolute Gasteiger partial charge is 0.299 e. The zero-order valence-corrected chi connectivity index (χ0v) is 15.1. The number of Topliss-reactive ketones (excluding diaryl/α,β-unsaturated/α-hetero) is 2. The summed E-state index contributed by atoms with van der Waals surface area (Å²) >= 11 is 5.87. The number of piperidine rings is 1. The molecule has 1 fully saturated rings. The van der Waals surface area contributed by atoms with Crippen LogP contribution in [0.5, 0.6) is 0 Å². The van der Waals surface area contributed by atoms with Crippen LogP contribution in [0, 0.1) is 0 Å². The summed E-state index contributed by atoms with van der Waals surface area (Å²) in [6, 6.07) is 17.0. The van der Waals surface area contributed by atoms with E-state index in [4.69, 9.17) is 11.6 Å². The van der Waals surface area contributed by atoms with Gasteiger partial charge in [0.25, 0.3) is 0 Å². The summed E-state index contributed by atoms with van der Waals surface area (Å²) in [5.41, 5.74) is 1.35. The highest BCUT2D eigenvalue weighted by molar-refractivity contribution is 6.30. The summed E-state index contributed by atoms with van der Waals surface area (Å²) in [5, 5.41) is 0.628. The van der Waals surface area contributed by atoms with E-state index in [2.05, 4.69) is 4.90 Å². The third-order valence-corrected chi connectivity index (χ3v) is 5.50. The van der Waals surface area contributed by atoms with Crippen molar-refractivity contribution in [1.82, 2.24) is 4.90 Å². The number of hydrogen-bond donors (Lipinski definition) is 0. The van der Waals surface area contributed by atoms with Gasteiger partial charge in [-0.05, 0) is 62.7 Å². The van der Waals surface area contributed by atoms with Gasteiger partial charge in [0.1, 0.15) is 5.78 Å². The molecule has 0 aromatic heterocycles. The first kappa shape index (κ1) is 17.8. The number of ketones is 2. The minimum atomic E-state index is -0.416. The molecule has 3 rings (SSSR count). The van der Waals surface area contributed by atoms with Crippen LogP contribution in [0.25, 0.3) is 0 Å². The second-order valence-corrected chi connectivity index (χ2v) is 7.15. The van der Waals surface area contributed by atoms with Crippen molar-refractivity contribution in [3.8, 4) is 0 Å². The minimum absolute atomic E-state index is 0.0895. The lowest BCUT2D eigenvalue weighted by atomic mass is 9.70. The van der Waals surface area contributed by atoms with Gasteiger partial charge in [0.2, 0.25) is 0 Å². The van der Waals surface area contributed by atoms with E-state index in [9.17, 15) is 9.59 Å². The maximum atomic E-state index is 12.4. The number of nitrogens with zero attached hydrogens (tertiary/aromatic N) is 1. The van der Waals surface area contributed by atoms with Crippen molar-refractivity contribution < 1.29 is 9.59 Å². The molecule has 0 unspecified atom stereocenters. The fourth-order valence-corrected chi connectivity index (χ4v) is 3.75. The predicted molar refractivity (Wildman–Crippen MR) is 100 cm³/mol. The fraction of sp³-hybridized carbons (Fsp3) is 0.333. The van der Waals surface area contributed by atoms with E-state index in [-0.39, 0.29) is 11.6 Å². The Kier molecular flexibility index (Phi) is 5.36. The standard InChI is InChI=1S/C21H22ClNO2/c1-16(24)21(18-5-3-2-4-6-18)11-13-23(14-12-21)15-20(25)17-7-9-19(22)10-8-17/h2-10H,11-15H2,1H3. The van der Waals surface area contributed by atoms with Gasteiger partial charge in [0, 0.05) is 10.6 Å². The van der Waals surface area contributed by atoms with Crippen molar-refractivity contribution in [2.24, 2.45) is 0 Å². The summed E-state index contributed by atoms with van der Waals surface area (Å²) in [7, 11) is 0. The Morgan fingerprint density at radius 3 is 2.16 bits per heavy atom. The SMILES string of the molecule is CC(=O)C1(c2ccccc2)CCN(CC(=O)c2ccc(Cl)cc2)CC1. The average molecular weight is 356 g/mol. The van der Waals surface area contributed by atoms with Crippen molar-refractivity contribution in [1.29, 1.82) is 0 Å². The molecule has 0 N–H and O–H groups in total. The Morgan fingerprint density at radius 2 is 1.60 bits per heavy atom. The topological polar surface area (TPSA) is 37.4 Å². The van der Waals surface area contributed by atoms with E-state index >= 15 is 0 Å². The summed E-state index contributed by atoms with van der Waals surface area (Å²) in [4.78, 5) is 27.0. The lowest BCUT2D eigenvalue weighted by Gasteiger charge is -2.40. The van der Waals surface area contributed by atoms with Gasteiger partial charge in [-0.2, -0.15) is 0 Å². The molecule has 1 aliphatic rings. The van der Waals surface area contributed by atoms with Crippen molar-refractivity contribution in [2.75, 3.05) is 19.6 Å². The maximum absolute atomic E-state index is 12.4. The number of carbonyl (C=O) groups excluding carboxylic acids is 2. The van der Waals surface area contributed by atoms with Crippen LogP contribution in [-0.2, 0) is 10.2 Å². The van der Waals surface area contributed by atoms with Crippen LogP contribution >= 0.6 is 11.6 Å². The molecule has 0 aliphatic carbocycles. The molecule has 3 nitrogen and oxygen atoms in total. The molecular weight excluding hydrogens is 334 g/mol. The van der Waals surface area contributed by atoms with Gasteiger partial charge in [0.05, 0.1) is 12.0 Å². The Labute approximate surface area is 153 Å². The maximum Gasteiger partial charge on any atom is 0.176 e. The first-order valence-electron chi connectivity index (χ1n) is 8.59. The highest BCUT2D eigenvalue weighted by atomic mass is 35.5. The molecule has 4 heteroatoms. The van der Waals surface area contributed by atoms with Crippen LogP contribution in [0.1, 0.15) is 35.7 Å². The molecule has 2 aromatic carbocycles. The van der Waals surface area contributed by atoms with Crippen molar-refractivity contribution in [3.63, 3.8) is 0 Å². The number of carbonyl (C=O) groups is 2. The van der Waals surface area contributed by atoms with Gasteiger partial charge in [-0.3, -0.25) is 14.5 Å². The number of hydrogen-bond acceptors (Lipinski definition) is 3. The van der Waals surface area contributed by atoms with Crippen LogP contribution in [0.4, 0.5) is 0 Å². The zero-order chi connectivity index (χ0) is 17.9. The highest BCUT2D eigenvalue weighted by Crippen LogP contribution is 2.36. The van der Waals surface area contributed by atoms with E-state index in [0.29, 0.717) is 17.1 Å². The molecule has 1 saturated heterocycles. The molecule has 2 aromatic rings. The Balaban J connectivity index is 1.67. The first-order chi connectivity index (χ1) is 12.0.